The van der Waals surface area contributed by atoms with E-state index in [0.717, 1.165) is 24.0 Å². The molecule has 0 radical (unpaired) electrons. The molecular formula is C23H23FN2O2. The molecule has 5 heteroatoms. The van der Waals surface area contributed by atoms with Crippen LogP contribution in [0.15, 0.2) is 48.0 Å². The van der Waals surface area contributed by atoms with Crippen molar-refractivity contribution in [3.63, 3.8) is 0 Å². The van der Waals surface area contributed by atoms with Crippen LogP contribution in [-0.4, -0.2) is 24.6 Å². The molecule has 3 aliphatic heterocycles. The maximum Gasteiger partial charge on any atom is 0.252 e. The smallest absolute Gasteiger partial charge is 0.252 e. The van der Waals surface area contributed by atoms with E-state index in [4.69, 9.17) is 4.74 Å². The summed E-state index contributed by atoms with van der Waals surface area (Å²) in [6, 6.07) is 13.4. The number of ether oxygens (including phenoxy) is 1. The number of amides is 1. The molecule has 0 spiro atoms. The van der Waals surface area contributed by atoms with Gasteiger partial charge in [-0.25, -0.2) is 4.39 Å². The Bertz CT molecular complexity index is 952. The van der Waals surface area contributed by atoms with Gasteiger partial charge in [-0.15, -0.1) is 0 Å². The summed E-state index contributed by atoms with van der Waals surface area (Å²) in [6.45, 7) is 1.07. The maximum atomic E-state index is 13.4. The zero-order chi connectivity index (χ0) is 19.1. The third-order valence-corrected chi connectivity index (χ3v) is 6.08. The first-order valence-corrected chi connectivity index (χ1v) is 9.92. The lowest BCUT2D eigenvalue weighted by atomic mass is 9.89. The molecule has 3 heterocycles. The molecule has 5 rings (SSSR count). The van der Waals surface area contributed by atoms with Crippen LogP contribution in [0.5, 0.6) is 5.75 Å². The van der Waals surface area contributed by atoms with Gasteiger partial charge in [-0.2, -0.15) is 0 Å². The Hall–Kier alpha value is -2.66. The minimum atomic E-state index is -0.216. The second-order valence-electron chi connectivity index (χ2n) is 7.93. The molecule has 28 heavy (non-hydrogen) atoms. The predicted octanol–water partition coefficient (Wildman–Crippen LogP) is 3.82. The number of hydrogen-bond donors (Lipinski definition) is 2. The highest BCUT2D eigenvalue weighted by Crippen LogP contribution is 2.35. The highest BCUT2D eigenvalue weighted by Gasteiger charge is 2.30. The molecule has 2 bridgehead atoms. The summed E-state index contributed by atoms with van der Waals surface area (Å²) in [5.74, 6) is 0.457. The van der Waals surface area contributed by atoms with Gasteiger partial charge in [0.15, 0.2) is 0 Å². The minimum absolute atomic E-state index is 0.0392. The molecule has 3 aliphatic rings. The van der Waals surface area contributed by atoms with Gasteiger partial charge < -0.3 is 15.4 Å². The van der Waals surface area contributed by atoms with E-state index in [1.165, 1.54) is 36.1 Å². The molecule has 2 N–H and O–H groups in total. The van der Waals surface area contributed by atoms with E-state index in [1.807, 2.05) is 30.3 Å². The van der Waals surface area contributed by atoms with Crippen molar-refractivity contribution in [3.05, 3.63) is 70.5 Å². The SMILES string of the molecule is O=C1NCc2ccc(OCC3=C(c4ccc(F)cc4)CC4CCC(C3)N4)cc21. The molecule has 2 aromatic rings. The Labute approximate surface area is 163 Å². The average Bonchev–Trinajstić information content (AvgIpc) is 3.24. The lowest BCUT2D eigenvalue weighted by molar-refractivity contribution is 0.0965. The van der Waals surface area contributed by atoms with E-state index in [1.54, 1.807) is 0 Å². The van der Waals surface area contributed by atoms with Crippen molar-refractivity contribution in [2.45, 2.75) is 44.3 Å². The Morgan fingerprint density at radius 1 is 1.04 bits per heavy atom. The molecule has 144 valence electrons. The number of carbonyl (C=O) groups excluding carboxylic acids is 1. The summed E-state index contributed by atoms with van der Waals surface area (Å²) in [6.07, 6.45) is 4.25. The lowest BCUT2D eigenvalue weighted by Gasteiger charge is -2.19. The van der Waals surface area contributed by atoms with Crippen molar-refractivity contribution in [2.75, 3.05) is 6.61 Å². The molecule has 0 aromatic heterocycles. The first-order valence-electron chi connectivity index (χ1n) is 9.92. The maximum absolute atomic E-state index is 13.4. The van der Waals surface area contributed by atoms with Crippen LogP contribution in [0.25, 0.3) is 5.57 Å². The van der Waals surface area contributed by atoms with Crippen molar-refractivity contribution in [1.82, 2.24) is 10.6 Å². The summed E-state index contributed by atoms with van der Waals surface area (Å²) in [5.41, 5.74) is 5.31. The van der Waals surface area contributed by atoms with Crippen molar-refractivity contribution in [1.29, 1.82) is 0 Å². The summed E-state index contributed by atoms with van der Waals surface area (Å²) in [7, 11) is 0. The number of carbonyl (C=O) groups is 1. The number of fused-ring (bicyclic) bond motifs is 3. The fourth-order valence-corrected chi connectivity index (χ4v) is 4.61. The predicted molar refractivity (Wildman–Crippen MR) is 106 cm³/mol. The number of nitrogens with one attached hydrogen (secondary N) is 2. The Balaban J connectivity index is 1.43. The van der Waals surface area contributed by atoms with Gasteiger partial charge in [0.2, 0.25) is 0 Å². The number of hydrogen-bond acceptors (Lipinski definition) is 3. The van der Waals surface area contributed by atoms with Gasteiger partial charge in [-0.1, -0.05) is 18.2 Å². The molecule has 0 saturated carbocycles. The van der Waals surface area contributed by atoms with Gasteiger partial charge in [0.05, 0.1) is 0 Å². The Kier molecular flexibility index (Phi) is 4.40. The molecule has 1 amide bonds. The largest absolute Gasteiger partial charge is 0.489 e. The minimum Gasteiger partial charge on any atom is -0.489 e. The first-order chi connectivity index (χ1) is 13.7. The molecule has 2 atom stereocenters. The van der Waals surface area contributed by atoms with Crippen molar-refractivity contribution < 1.29 is 13.9 Å². The first kappa shape index (κ1) is 17.4. The zero-order valence-electron chi connectivity index (χ0n) is 15.6. The standard InChI is InChI=1S/C23H23FN2O2/c24-17-4-1-14(2-5-17)21-10-19-7-6-18(26-19)9-16(21)13-28-20-8-3-15-12-25-23(27)22(15)11-20/h1-5,8,11,18-19,26H,6-7,9-10,12-13H2,(H,25,27). The molecule has 2 aromatic carbocycles. The fourth-order valence-electron chi connectivity index (χ4n) is 4.61. The van der Waals surface area contributed by atoms with Crippen molar-refractivity contribution in [3.8, 4) is 5.75 Å². The van der Waals surface area contributed by atoms with Crippen molar-refractivity contribution >= 4 is 11.5 Å². The number of rotatable bonds is 4. The Morgan fingerprint density at radius 3 is 2.64 bits per heavy atom. The summed E-state index contributed by atoms with van der Waals surface area (Å²) < 4.78 is 19.5. The summed E-state index contributed by atoms with van der Waals surface area (Å²) in [4.78, 5) is 11.9. The normalized spacial score (nSPS) is 23.4. The van der Waals surface area contributed by atoms with E-state index in [2.05, 4.69) is 10.6 Å². The second-order valence-corrected chi connectivity index (χ2v) is 7.93. The second kappa shape index (κ2) is 7.06. The van der Waals surface area contributed by atoms with Crippen LogP contribution in [-0.2, 0) is 6.54 Å². The highest BCUT2D eigenvalue weighted by molar-refractivity contribution is 5.98. The molecule has 1 fully saturated rings. The van der Waals surface area contributed by atoms with Crippen LogP contribution in [0.1, 0.15) is 47.2 Å². The van der Waals surface area contributed by atoms with Crippen LogP contribution in [0.4, 0.5) is 4.39 Å². The zero-order valence-corrected chi connectivity index (χ0v) is 15.6. The molecule has 2 unspecified atom stereocenters. The third kappa shape index (κ3) is 3.31. The number of halogens is 1. The number of benzene rings is 2. The monoisotopic (exact) mass is 378 g/mol. The van der Waals surface area contributed by atoms with E-state index in [9.17, 15) is 9.18 Å². The van der Waals surface area contributed by atoms with Gasteiger partial charge in [0, 0.05) is 24.2 Å². The Morgan fingerprint density at radius 2 is 1.82 bits per heavy atom. The van der Waals surface area contributed by atoms with E-state index >= 15 is 0 Å². The van der Waals surface area contributed by atoms with Gasteiger partial charge in [0.25, 0.3) is 5.91 Å². The van der Waals surface area contributed by atoms with E-state index in [0.29, 0.717) is 36.5 Å². The van der Waals surface area contributed by atoms with Crippen LogP contribution in [0, 0.1) is 5.82 Å². The summed E-state index contributed by atoms with van der Waals surface area (Å²) >= 11 is 0. The molecular weight excluding hydrogens is 355 g/mol. The lowest BCUT2D eigenvalue weighted by Crippen LogP contribution is -2.27. The molecule has 1 saturated heterocycles. The topological polar surface area (TPSA) is 50.4 Å². The highest BCUT2D eigenvalue weighted by atomic mass is 19.1. The molecule has 0 aliphatic carbocycles. The van der Waals surface area contributed by atoms with Crippen molar-refractivity contribution in [2.24, 2.45) is 0 Å². The third-order valence-electron chi connectivity index (χ3n) is 6.08. The summed E-state index contributed by atoms with van der Waals surface area (Å²) in [5, 5.41) is 6.54. The van der Waals surface area contributed by atoms with Crippen LogP contribution < -0.4 is 15.4 Å². The van der Waals surface area contributed by atoms with Crippen LogP contribution in [0.2, 0.25) is 0 Å². The van der Waals surface area contributed by atoms with E-state index in [-0.39, 0.29) is 11.7 Å². The van der Waals surface area contributed by atoms with E-state index < -0.39 is 0 Å². The van der Waals surface area contributed by atoms with Crippen LogP contribution in [0.3, 0.4) is 0 Å². The van der Waals surface area contributed by atoms with Gasteiger partial charge >= 0.3 is 0 Å². The van der Waals surface area contributed by atoms with Crippen LogP contribution >= 0.6 is 0 Å². The van der Waals surface area contributed by atoms with Gasteiger partial charge in [-0.3, -0.25) is 4.79 Å². The van der Waals surface area contributed by atoms with Gasteiger partial charge in [0.1, 0.15) is 18.2 Å². The molecule has 4 nitrogen and oxygen atoms in total. The fraction of sp³-hybridized carbons (Fsp3) is 0.348. The average molecular weight is 378 g/mol. The quantitative estimate of drug-likeness (QED) is 0.851. The van der Waals surface area contributed by atoms with Gasteiger partial charge in [-0.05, 0) is 72.2 Å².